The van der Waals surface area contributed by atoms with Crippen LogP contribution in [0, 0.1) is 13.8 Å². The van der Waals surface area contributed by atoms with Gasteiger partial charge in [0.05, 0.1) is 5.75 Å². The summed E-state index contributed by atoms with van der Waals surface area (Å²) >= 11 is 0. The molecular weight excluding hydrogens is 412 g/mol. The Hall–Kier alpha value is -2.45. The molecule has 0 radical (unpaired) electrons. The average Bonchev–Trinajstić information content (AvgIpc) is 3.12. The van der Waals surface area contributed by atoms with Gasteiger partial charge < -0.3 is 9.80 Å². The standard InChI is InChI=1S/C23H30N4O3S/c1-17-15-18(2)22(24-16-17)25-10-12-26(13-11-25)23(28)21-7-5-20(6-8-21)19(3)27-9-4-14-31(27,29)30/h5-8,15-16,19H,4,9-14H2,1-3H3/t19-/m0/s1. The van der Waals surface area contributed by atoms with E-state index in [2.05, 4.69) is 22.9 Å². The predicted octanol–water partition coefficient (Wildman–Crippen LogP) is 2.76. The number of sulfonamides is 1. The molecule has 0 aliphatic carbocycles. The van der Waals surface area contributed by atoms with E-state index in [1.54, 1.807) is 4.31 Å². The van der Waals surface area contributed by atoms with E-state index in [9.17, 15) is 13.2 Å². The van der Waals surface area contributed by atoms with Crippen LogP contribution in [0.2, 0.25) is 0 Å². The Balaban J connectivity index is 1.39. The first-order valence-corrected chi connectivity index (χ1v) is 12.4. The molecule has 1 amide bonds. The highest BCUT2D eigenvalue weighted by atomic mass is 32.2. The van der Waals surface area contributed by atoms with Crippen LogP contribution in [0.1, 0.15) is 46.4 Å². The molecule has 166 valence electrons. The Bertz CT molecular complexity index is 1060. The number of aryl methyl sites for hydroxylation is 2. The fourth-order valence-corrected chi connectivity index (χ4v) is 6.25. The van der Waals surface area contributed by atoms with Crippen LogP contribution in [0.3, 0.4) is 0 Å². The van der Waals surface area contributed by atoms with Crippen molar-refractivity contribution in [1.82, 2.24) is 14.2 Å². The molecule has 1 aromatic carbocycles. The third-order valence-electron chi connectivity index (χ3n) is 6.26. The van der Waals surface area contributed by atoms with Crippen molar-refractivity contribution >= 4 is 21.7 Å². The molecule has 0 bridgehead atoms. The number of hydrogen-bond donors (Lipinski definition) is 0. The van der Waals surface area contributed by atoms with Gasteiger partial charge in [-0.3, -0.25) is 4.79 Å². The number of rotatable bonds is 4. The van der Waals surface area contributed by atoms with Crippen molar-refractivity contribution in [3.63, 3.8) is 0 Å². The monoisotopic (exact) mass is 442 g/mol. The largest absolute Gasteiger partial charge is 0.353 e. The number of carbonyl (C=O) groups excluding carboxylic acids is 1. The van der Waals surface area contributed by atoms with E-state index in [4.69, 9.17) is 0 Å². The molecule has 2 fully saturated rings. The van der Waals surface area contributed by atoms with Crippen molar-refractivity contribution < 1.29 is 13.2 Å². The van der Waals surface area contributed by atoms with E-state index in [-0.39, 0.29) is 17.7 Å². The highest BCUT2D eigenvalue weighted by molar-refractivity contribution is 7.89. The molecule has 1 atom stereocenters. The third-order valence-corrected chi connectivity index (χ3v) is 8.28. The summed E-state index contributed by atoms with van der Waals surface area (Å²) < 4.78 is 25.9. The van der Waals surface area contributed by atoms with E-state index in [0.717, 1.165) is 35.6 Å². The van der Waals surface area contributed by atoms with Crippen molar-refractivity contribution in [2.75, 3.05) is 43.4 Å². The maximum absolute atomic E-state index is 13.0. The molecule has 0 saturated carbocycles. The molecule has 1 aromatic heterocycles. The smallest absolute Gasteiger partial charge is 0.253 e. The fourth-order valence-electron chi connectivity index (χ4n) is 4.51. The summed E-state index contributed by atoms with van der Waals surface area (Å²) in [4.78, 5) is 21.7. The van der Waals surface area contributed by atoms with E-state index < -0.39 is 10.0 Å². The second-order valence-corrected chi connectivity index (χ2v) is 10.6. The Morgan fingerprint density at radius 3 is 2.29 bits per heavy atom. The summed E-state index contributed by atoms with van der Waals surface area (Å²) in [5.74, 6) is 1.23. The Morgan fingerprint density at radius 2 is 1.71 bits per heavy atom. The highest BCUT2D eigenvalue weighted by Crippen LogP contribution is 2.28. The van der Waals surface area contributed by atoms with Gasteiger partial charge >= 0.3 is 0 Å². The van der Waals surface area contributed by atoms with Gasteiger partial charge in [-0.05, 0) is 56.0 Å². The van der Waals surface area contributed by atoms with Gasteiger partial charge in [-0.15, -0.1) is 0 Å². The first-order chi connectivity index (χ1) is 14.8. The van der Waals surface area contributed by atoms with Crippen LogP contribution in [0.25, 0.3) is 0 Å². The maximum Gasteiger partial charge on any atom is 0.253 e. The number of carbonyl (C=O) groups is 1. The molecule has 8 heteroatoms. The van der Waals surface area contributed by atoms with Crippen LogP contribution in [0.5, 0.6) is 0 Å². The maximum atomic E-state index is 13.0. The zero-order valence-corrected chi connectivity index (χ0v) is 19.2. The van der Waals surface area contributed by atoms with Crippen molar-refractivity contribution in [3.8, 4) is 0 Å². The molecular formula is C23H30N4O3S. The average molecular weight is 443 g/mol. The Morgan fingerprint density at radius 1 is 1.03 bits per heavy atom. The first-order valence-electron chi connectivity index (χ1n) is 10.8. The second-order valence-electron chi connectivity index (χ2n) is 8.51. The van der Waals surface area contributed by atoms with Crippen molar-refractivity contribution in [1.29, 1.82) is 0 Å². The summed E-state index contributed by atoms with van der Waals surface area (Å²) in [5, 5.41) is 0. The minimum atomic E-state index is -3.16. The number of pyridine rings is 1. The quantitative estimate of drug-likeness (QED) is 0.728. The van der Waals surface area contributed by atoms with E-state index >= 15 is 0 Å². The van der Waals surface area contributed by atoms with Gasteiger partial charge in [-0.2, -0.15) is 4.31 Å². The zero-order chi connectivity index (χ0) is 22.2. The van der Waals surface area contributed by atoms with E-state index in [0.29, 0.717) is 31.6 Å². The Kier molecular flexibility index (Phi) is 6.03. The number of hydrogen-bond acceptors (Lipinski definition) is 5. The molecule has 0 spiro atoms. The summed E-state index contributed by atoms with van der Waals surface area (Å²) in [6, 6.07) is 9.30. The van der Waals surface area contributed by atoms with Gasteiger partial charge in [0.1, 0.15) is 5.82 Å². The summed E-state index contributed by atoms with van der Waals surface area (Å²) in [6.45, 7) is 9.38. The number of amides is 1. The molecule has 2 aliphatic heterocycles. The van der Waals surface area contributed by atoms with Crippen LogP contribution in [-0.4, -0.2) is 67.0 Å². The predicted molar refractivity (Wildman–Crippen MR) is 122 cm³/mol. The number of benzene rings is 1. The summed E-state index contributed by atoms with van der Waals surface area (Å²) in [5.41, 5.74) is 3.85. The normalized spacial score (nSPS) is 20.1. The zero-order valence-electron chi connectivity index (χ0n) is 18.4. The number of anilines is 1. The van der Waals surface area contributed by atoms with Crippen molar-refractivity contribution in [2.45, 2.75) is 33.2 Å². The van der Waals surface area contributed by atoms with Gasteiger partial charge in [-0.25, -0.2) is 13.4 Å². The summed E-state index contributed by atoms with van der Waals surface area (Å²) in [6.07, 6.45) is 2.56. The molecule has 0 unspecified atom stereocenters. The number of aromatic nitrogens is 1. The minimum absolute atomic E-state index is 0.0150. The molecule has 2 aliphatic rings. The first kappa shape index (κ1) is 21.8. The van der Waals surface area contributed by atoms with Crippen molar-refractivity contribution in [2.24, 2.45) is 0 Å². The summed E-state index contributed by atoms with van der Waals surface area (Å²) in [7, 11) is -3.16. The number of nitrogens with zero attached hydrogens (tertiary/aromatic N) is 4. The molecule has 3 heterocycles. The van der Waals surface area contributed by atoms with E-state index in [1.165, 1.54) is 0 Å². The second kappa shape index (κ2) is 8.59. The van der Waals surface area contributed by atoms with Crippen LogP contribution >= 0.6 is 0 Å². The lowest BCUT2D eigenvalue weighted by molar-refractivity contribution is 0.0746. The van der Waals surface area contributed by atoms with Gasteiger partial charge in [0.2, 0.25) is 10.0 Å². The number of piperazine rings is 1. The highest BCUT2D eigenvalue weighted by Gasteiger charge is 2.33. The molecule has 2 aromatic rings. The van der Waals surface area contributed by atoms with Crippen LogP contribution in [0.15, 0.2) is 36.5 Å². The molecule has 0 N–H and O–H groups in total. The minimum Gasteiger partial charge on any atom is -0.353 e. The van der Waals surface area contributed by atoms with Crippen LogP contribution < -0.4 is 4.90 Å². The molecule has 7 nitrogen and oxygen atoms in total. The van der Waals surface area contributed by atoms with E-state index in [1.807, 2.05) is 49.2 Å². The lowest BCUT2D eigenvalue weighted by Crippen LogP contribution is -2.49. The molecule has 4 rings (SSSR count). The third kappa shape index (κ3) is 4.45. The van der Waals surface area contributed by atoms with Gasteiger partial charge in [-0.1, -0.05) is 18.2 Å². The lowest BCUT2D eigenvalue weighted by Gasteiger charge is -2.36. The van der Waals surface area contributed by atoms with Gasteiger partial charge in [0.15, 0.2) is 0 Å². The Labute approximate surface area is 184 Å². The van der Waals surface area contributed by atoms with Gasteiger partial charge in [0, 0.05) is 50.5 Å². The fraction of sp³-hybridized carbons (Fsp3) is 0.478. The van der Waals surface area contributed by atoms with Crippen LogP contribution in [-0.2, 0) is 10.0 Å². The molecule has 31 heavy (non-hydrogen) atoms. The SMILES string of the molecule is Cc1cnc(N2CCN(C(=O)c3ccc([C@H](C)N4CCCS4(=O)=O)cc3)CC2)c(C)c1. The topological polar surface area (TPSA) is 73.8 Å². The lowest BCUT2D eigenvalue weighted by atomic mass is 10.0. The van der Waals surface area contributed by atoms with Crippen LogP contribution in [0.4, 0.5) is 5.82 Å². The van der Waals surface area contributed by atoms with Crippen molar-refractivity contribution in [3.05, 3.63) is 58.8 Å². The van der Waals surface area contributed by atoms with Gasteiger partial charge in [0.25, 0.3) is 5.91 Å². The molecule has 2 saturated heterocycles.